The van der Waals surface area contributed by atoms with Gasteiger partial charge in [-0.25, -0.2) is 0 Å². The minimum Gasteiger partial charge on any atom is -0.301 e. The lowest BCUT2D eigenvalue weighted by Crippen LogP contribution is -2.04. The molecule has 0 aliphatic carbocycles. The van der Waals surface area contributed by atoms with Gasteiger partial charge in [0.15, 0.2) is 0 Å². The van der Waals surface area contributed by atoms with Crippen LogP contribution in [0.4, 0.5) is 0 Å². The zero-order valence-electron chi connectivity index (χ0n) is 7.88. The molecule has 15 heavy (non-hydrogen) atoms. The molecule has 0 aliphatic heterocycles. The van der Waals surface area contributed by atoms with Gasteiger partial charge in [-0.1, -0.05) is 11.6 Å². The Bertz CT molecular complexity index is 494. The molecule has 0 saturated heterocycles. The van der Waals surface area contributed by atoms with E-state index in [1.54, 1.807) is 17.2 Å². The second kappa shape index (κ2) is 4.42. The van der Waals surface area contributed by atoms with Crippen LogP contribution in [0.15, 0.2) is 23.6 Å². The van der Waals surface area contributed by atoms with Gasteiger partial charge in [0.25, 0.3) is 0 Å². The molecular weight excluding hydrogens is 254 g/mol. The van der Waals surface area contributed by atoms with Crippen molar-refractivity contribution in [2.75, 3.05) is 6.26 Å². The van der Waals surface area contributed by atoms with Crippen molar-refractivity contribution in [1.29, 1.82) is 0 Å². The summed E-state index contributed by atoms with van der Waals surface area (Å²) in [7, 11) is -1.12. The quantitative estimate of drug-likeness (QED) is 0.846. The molecule has 2 aromatic heterocycles. The summed E-state index contributed by atoms with van der Waals surface area (Å²) in [6, 6.07) is 3.78. The maximum absolute atomic E-state index is 11.3. The van der Waals surface area contributed by atoms with Gasteiger partial charge in [-0.2, -0.15) is 0 Å². The molecule has 0 amide bonds. The lowest BCUT2D eigenvalue weighted by Gasteiger charge is -2.01. The normalized spacial score (nSPS) is 12.9. The molecule has 1 atom stereocenters. The van der Waals surface area contributed by atoms with Gasteiger partial charge in [0, 0.05) is 11.1 Å². The van der Waals surface area contributed by atoms with E-state index in [9.17, 15) is 4.21 Å². The molecule has 0 radical (unpaired) electrons. The van der Waals surface area contributed by atoms with Crippen molar-refractivity contribution in [3.63, 3.8) is 0 Å². The Morgan fingerprint density at radius 1 is 1.60 bits per heavy atom. The number of thiophene rings is 1. The van der Waals surface area contributed by atoms with Gasteiger partial charge in [0.1, 0.15) is 6.33 Å². The minimum absolute atomic E-state index is 0.486. The second-order valence-electron chi connectivity index (χ2n) is 2.90. The van der Waals surface area contributed by atoms with Crippen LogP contribution in [0.3, 0.4) is 0 Å². The molecule has 80 valence electrons. The predicted octanol–water partition coefficient (Wildman–Crippen LogP) is 1.78. The number of rotatable bonds is 3. The standard InChI is InChI=1S/C8H8ClN3OS2/c1-15(13)8-11-10-5-12(8)4-6-2-3-7(9)14-6/h2-3,5H,4H2,1H3. The molecule has 0 N–H and O–H groups in total. The largest absolute Gasteiger partial charge is 0.301 e. The van der Waals surface area contributed by atoms with Gasteiger partial charge < -0.3 is 4.57 Å². The third-order valence-electron chi connectivity index (χ3n) is 1.79. The molecule has 2 aromatic rings. The van der Waals surface area contributed by atoms with E-state index in [4.69, 9.17) is 11.6 Å². The first-order valence-electron chi connectivity index (χ1n) is 4.12. The van der Waals surface area contributed by atoms with Gasteiger partial charge in [-0.05, 0) is 12.1 Å². The average molecular weight is 262 g/mol. The summed E-state index contributed by atoms with van der Waals surface area (Å²) in [5.74, 6) is 0. The highest BCUT2D eigenvalue weighted by Crippen LogP contribution is 2.22. The average Bonchev–Trinajstić information content (AvgIpc) is 2.75. The maximum atomic E-state index is 11.3. The SMILES string of the molecule is CS(=O)c1nncn1Cc1ccc(Cl)s1. The van der Waals surface area contributed by atoms with Crippen LogP contribution in [0.2, 0.25) is 4.34 Å². The van der Waals surface area contributed by atoms with Crippen molar-refractivity contribution >= 4 is 33.7 Å². The molecule has 1 unspecified atom stereocenters. The zero-order valence-corrected chi connectivity index (χ0v) is 10.3. The summed E-state index contributed by atoms with van der Waals surface area (Å²) in [5.41, 5.74) is 0. The van der Waals surface area contributed by atoms with Gasteiger partial charge in [0.2, 0.25) is 5.16 Å². The van der Waals surface area contributed by atoms with Crippen molar-refractivity contribution < 1.29 is 4.21 Å². The van der Waals surface area contributed by atoms with E-state index in [1.165, 1.54) is 11.3 Å². The van der Waals surface area contributed by atoms with E-state index in [1.807, 2.05) is 12.1 Å². The van der Waals surface area contributed by atoms with Crippen molar-refractivity contribution in [1.82, 2.24) is 14.8 Å². The summed E-state index contributed by atoms with van der Waals surface area (Å²) in [5, 5.41) is 8.03. The third-order valence-corrected chi connectivity index (χ3v) is 3.84. The topological polar surface area (TPSA) is 47.8 Å². The smallest absolute Gasteiger partial charge is 0.221 e. The van der Waals surface area contributed by atoms with Crippen LogP contribution in [0.1, 0.15) is 4.88 Å². The van der Waals surface area contributed by atoms with Crippen LogP contribution >= 0.6 is 22.9 Å². The van der Waals surface area contributed by atoms with Gasteiger partial charge in [0.05, 0.1) is 21.7 Å². The first-order valence-corrected chi connectivity index (χ1v) is 6.87. The van der Waals surface area contributed by atoms with E-state index in [0.29, 0.717) is 11.7 Å². The zero-order chi connectivity index (χ0) is 10.8. The summed E-state index contributed by atoms with van der Waals surface area (Å²) < 4.78 is 13.8. The molecular formula is C8H8ClN3OS2. The van der Waals surface area contributed by atoms with Crippen LogP contribution in [-0.4, -0.2) is 25.2 Å². The second-order valence-corrected chi connectivity index (χ2v) is 5.97. The van der Waals surface area contributed by atoms with Crippen LogP contribution in [0, 0.1) is 0 Å². The van der Waals surface area contributed by atoms with E-state index in [0.717, 1.165) is 9.21 Å². The molecule has 2 rings (SSSR count). The van der Waals surface area contributed by atoms with Crippen LogP contribution in [0.25, 0.3) is 0 Å². The number of halogens is 1. The van der Waals surface area contributed by atoms with Gasteiger partial charge in [-0.15, -0.1) is 21.5 Å². The molecule has 0 spiro atoms. The van der Waals surface area contributed by atoms with Crippen molar-refractivity contribution in [3.8, 4) is 0 Å². The van der Waals surface area contributed by atoms with E-state index >= 15 is 0 Å². The molecule has 4 nitrogen and oxygen atoms in total. The van der Waals surface area contributed by atoms with Crippen molar-refractivity contribution in [3.05, 3.63) is 27.7 Å². The Hall–Kier alpha value is -0.720. The van der Waals surface area contributed by atoms with Gasteiger partial charge in [-0.3, -0.25) is 4.21 Å². The fourth-order valence-corrected chi connectivity index (χ4v) is 2.87. The Balaban J connectivity index is 2.24. The first kappa shape index (κ1) is 10.8. The highest BCUT2D eigenvalue weighted by molar-refractivity contribution is 7.84. The molecule has 0 aromatic carbocycles. The predicted molar refractivity (Wildman–Crippen MR) is 60.8 cm³/mol. The molecule has 7 heteroatoms. The molecule has 2 heterocycles. The summed E-state index contributed by atoms with van der Waals surface area (Å²) in [6.07, 6.45) is 3.16. The number of nitrogens with zero attached hydrogens (tertiary/aromatic N) is 3. The van der Waals surface area contributed by atoms with E-state index in [2.05, 4.69) is 10.2 Å². The summed E-state index contributed by atoms with van der Waals surface area (Å²) in [6.45, 7) is 0.610. The highest BCUT2D eigenvalue weighted by atomic mass is 35.5. The minimum atomic E-state index is -1.12. The lowest BCUT2D eigenvalue weighted by molar-refractivity contribution is 0.655. The Morgan fingerprint density at radius 2 is 2.40 bits per heavy atom. The first-order chi connectivity index (χ1) is 7.16. The fraction of sp³-hybridized carbons (Fsp3) is 0.250. The molecule has 0 saturated carbocycles. The number of hydrogen-bond donors (Lipinski definition) is 0. The number of aromatic nitrogens is 3. The Morgan fingerprint density at radius 3 is 3.00 bits per heavy atom. The van der Waals surface area contributed by atoms with Gasteiger partial charge >= 0.3 is 0 Å². The van der Waals surface area contributed by atoms with Crippen molar-refractivity contribution in [2.24, 2.45) is 0 Å². The summed E-state index contributed by atoms with van der Waals surface area (Å²) >= 11 is 7.32. The van der Waals surface area contributed by atoms with E-state index in [-0.39, 0.29) is 0 Å². The van der Waals surface area contributed by atoms with Crippen LogP contribution in [-0.2, 0) is 17.3 Å². The highest BCUT2D eigenvalue weighted by Gasteiger charge is 2.09. The number of hydrogen-bond acceptors (Lipinski definition) is 4. The molecule has 0 bridgehead atoms. The van der Waals surface area contributed by atoms with E-state index < -0.39 is 10.8 Å². The molecule has 0 aliphatic rings. The monoisotopic (exact) mass is 261 g/mol. The van der Waals surface area contributed by atoms with Crippen molar-refractivity contribution in [2.45, 2.75) is 11.7 Å². The fourth-order valence-electron chi connectivity index (χ4n) is 1.18. The lowest BCUT2D eigenvalue weighted by atomic mass is 10.5. The van der Waals surface area contributed by atoms with Crippen LogP contribution in [0.5, 0.6) is 0 Å². The molecule has 0 fully saturated rings. The van der Waals surface area contributed by atoms with Crippen LogP contribution < -0.4 is 0 Å². The Labute approximate surface area is 98.4 Å². The summed E-state index contributed by atoms with van der Waals surface area (Å²) in [4.78, 5) is 1.09. The third kappa shape index (κ3) is 2.45. The Kier molecular flexibility index (Phi) is 3.18. The maximum Gasteiger partial charge on any atom is 0.221 e.